The number of thiocarbonyl (C=S) groups is 1. The van der Waals surface area contributed by atoms with Crippen LogP contribution >= 0.6 is 12.2 Å². The van der Waals surface area contributed by atoms with Crippen LogP contribution in [-0.2, 0) is 4.74 Å². The molecule has 1 unspecified atom stereocenters. The van der Waals surface area contributed by atoms with Crippen LogP contribution in [0.15, 0.2) is 6.08 Å². The van der Waals surface area contributed by atoms with E-state index in [0.29, 0.717) is 5.05 Å². The normalized spacial score (nSPS) is 33.0. The summed E-state index contributed by atoms with van der Waals surface area (Å²) in [5.74, 6) is 0. The van der Waals surface area contributed by atoms with Crippen molar-refractivity contribution in [2.75, 3.05) is 0 Å². The summed E-state index contributed by atoms with van der Waals surface area (Å²) in [5, 5.41) is 0.292. The third kappa shape index (κ3) is 0.571. The zero-order valence-corrected chi connectivity index (χ0v) is 3.79. The third-order valence-corrected chi connectivity index (χ3v) is 0.666. The minimum Gasteiger partial charge on any atom is -0.637 e. The lowest BCUT2D eigenvalue weighted by Gasteiger charge is -1.99. The van der Waals surface area contributed by atoms with Gasteiger partial charge in [-0.25, -0.2) is 0 Å². The summed E-state index contributed by atoms with van der Waals surface area (Å²) in [6.07, 6.45) is 3.38. The van der Waals surface area contributed by atoms with Gasteiger partial charge in [0.25, 0.3) is 0 Å². The minimum absolute atomic E-state index is 0.292. The van der Waals surface area contributed by atoms with Crippen LogP contribution in [0, 0.1) is 6.26 Å². The molecule has 6 heavy (non-hydrogen) atoms. The summed E-state index contributed by atoms with van der Waals surface area (Å²) in [4.78, 5) is 0. The first-order chi connectivity index (χ1) is 3.30. The van der Waals surface area contributed by atoms with Gasteiger partial charge in [-0.1, -0.05) is 6.26 Å². The van der Waals surface area contributed by atoms with Crippen molar-refractivity contribution in [1.82, 2.24) is 0 Å². The predicted molar refractivity (Wildman–Crippen MR) is 26.1 cm³/mol. The molecule has 0 aliphatic carbocycles. The first-order valence-corrected chi connectivity index (χ1v) is 1.93. The molecule has 0 saturated carbocycles. The smallest absolute Gasteiger partial charge is 0.0186 e. The summed E-state index contributed by atoms with van der Waals surface area (Å²) in [6, 6.07) is 0. The zero-order valence-electron chi connectivity index (χ0n) is 3.97. The van der Waals surface area contributed by atoms with E-state index in [1.165, 1.54) is 6.08 Å². The first-order valence-electron chi connectivity index (χ1n) is 2.10. The molecule has 1 heterocycles. The van der Waals surface area contributed by atoms with Crippen molar-refractivity contribution in [3.8, 4) is 0 Å². The Balaban J connectivity index is 2.62. The molecule has 1 atom stereocenters. The molecule has 1 aliphatic rings. The van der Waals surface area contributed by atoms with Crippen LogP contribution in [0.2, 0.25) is 0 Å². The van der Waals surface area contributed by atoms with Gasteiger partial charge in [-0.15, -0.1) is 6.08 Å². The second kappa shape index (κ2) is 1.39. The molecule has 0 fully saturated rings. The lowest BCUT2D eigenvalue weighted by molar-refractivity contribution is 0.467. The van der Waals surface area contributed by atoms with Gasteiger partial charge in [0.2, 0.25) is 0 Å². The molecular weight excluding hydrogens is 96.1 g/mol. The average molecular weight is 100 g/mol. The van der Waals surface area contributed by atoms with E-state index in [0.717, 1.165) is 0 Å². The number of hydrogen-bond donors (Lipinski definition) is 0. The van der Waals surface area contributed by atoms with Gasteiger partial charge >= 0.3 is 0 Å². The lowest BCUT2D eigenvalue weighted by atomic mass is 10.5. The van der Waals surface area contributed by atoms with Gasteiger partial charge in [0.1, 0.15) is 0 Å². The van der Waals surface area contributed by atoms with Crippen LogP contribution in [0.3, 0.4) is 0 Å². The molecule has 0 spiro atoms. The molecule has 1 rings (SSSR count). The van der Waals surface area contributed by atoms with Crippen LogP contribution in [-0.4, -0.2) is 5.05 Å². The fourth-order valence-corrected chi connectivity index (χ4v) is 0.344. The molecule has 1 aliphatic heterocycles. The topological polar surface area (TPSA) is 9.23 Å². The molecule has 1 nitrogen and oxygen atoms in total. The van der Waals surface area contributed by atoms with Gasteiger partial charge in [-0.05, 0) is 6.40 Å². The fraction of sp³-hybridized carbons (Fsp3) is 0.250. The summed E-state index contributed by atoms with van der Waals surface area (Å²) >= 11 is 4.54. The van der Waals surface area contributed by atoms with E-state index in [4.69, 9.17) is 1.37 Å². The van der Waals surface area contributed by atoms with E-state index in [1.807, 2.05) is 0 Å². The Morgan fingerprint density at radius 1 is 2.33 bits per heavy atom. The maximum Gasteiger partial charge on any atom is 0.0186 e. The van der Waals surface area contributed by atoms with Crippen LogP contribution in [0.1, 0.15) is 7.77 Å². The lowest BCUT2D eigenvalue weighted by Crippen LogP contribution is -1.83. The molecule has 0 radical (unpaired) electrons. The van der Waals surface area contributed by atoms with Crippen molar-refractivity contribution in [3.63, 3.8) is 0 Å². The summed E-state index contributed by atoms with van der Waals surface area (Å²) in [7, 11) is 0. The van der Waals surface area contributed by atoms with Crippen LogP contribution in [0.5, 0.6) is 0 Å². The SMILES string of the molecule is [2H]C1C=[C-]OC1=S. The maximum atomic E-state index is 6.95. The molecule has 0 aromatic rings. The molecule has 32 valence electrons. The van der Waals surface area contributed by atoms with Crippen LogP contribution in [0.25, 0.3) is 0 Å². The highest BCUT2D eigenvalue weighted by atomic mass is 32.1. The van der Waals surface area contributed by atoms with Crippen molar-refractivity contribution >= 4 is 17.3 Å². The summed E-state index contributed by atoms with van der Waals surface area (Å²) in [5.41, 5.74) is 0. The van der Waals surface area contributed by atoms with Gasteiger partial charge in [0, 0.05) is 6.42 Å². The van der Waals surface area contributed by atoms with E-state index >= 15 is 0 Å². The second-order valence-electron chi connectivity index (χ2n) is 0.872. The molecule has 0 aromatic heterocycles. The van der Waals surface area contributed by atoms with Crippen LogP contribution < -0.4 is 0 Å². The largest absolute Gasteiger partial charge is 0.637 e. The van der Waals surface area contributed by atoms with Crippen molar-refractivity contribution in [1.29, 1.82) is 0 Å². The second-order valence-corrected chi connectivity index (χ2v) is 1.27. The highest BCUT2D eigenvalue weighted by molar-refractivity contribution is 7.80. The quantitative estimate of drug-likeness (QED) is 0.332. The van der Waals surface area contributed by atoms with Crippen molar-refractivity contribution in [3.05, 3.63) is 12.3 Å². The van der Waals surface area contributed by atoms with Gasteiger partial charge in [0.15, 0.2) is 0 Å². The monoisotopic (exact) mass is 100.0 g/mol. The summed E-state index contributed by atoms with van der Waals surface area (Å²) < 4.78 is 11.5. The Bertz CT molecular complexity index is 121. The Hall–Kier alpha value is -0.370. The predicted octanol–water partition coefficient (Wildman–Crippen LogP) is 1.05. The van der Waals surface area contributed by atoms with Crippen molar-refractivity contribution < 1.29 is 6.11 Å². The van der Waals surface area contributed by atoms with Crippen LogP contribution in [0.4, 0.5) is 0 Å². The average Bonchev–Trinajstić information content (AvgIpc) is 1.91. The van der Waals surface area contributed by atoms with E-state index < -0.39 is 6.40 Å². The first kappa shape index (κ1) is 2.75. The Kier molecular flexibility index (Phi) is 0.635. The van der Waals surface area contributed by atoms with E-state index in [1.54, 1.807) is 0 Å². The summed E-state index contributed by atoms with van der Waals surface area (Å²) in [6.45, 7) is 0. The zero-order chi connectivity index (χ0) is 5.28. The Morgan fingerprint density at radius 2 is 3.17 bits per heavy atom. The molecule has 2 heteroatoms. The minimum atomic E-state index is -0.463. The van der Waals surface area contributed by atoms with Gasteiger partial charge < -0.3 is 4.74 Å². The molecule has 0 amide bonds. The third-order valence-electron chi connectivity index (χ3n) is 0.447. The molecule has 0 bridgehead atoms. The van der Waals surface area contributed by atoms with Gasteiger partial charge in [0.05, 0.1) is 0 Å². The van der Waals surface area contributed by atoms with Crippen molar-refractivity contribution in [2.24, 2.45) is 0 Å². The number of ether oxygens (including phenoxy) is 1. The van der Waals surface area contributed by atoms with Gasteiger partial charge in [-0.3, -0.25) is 0 Å². The van der Waals surface area contributed by atoms with E-state index in [2.05, 4.69) is 23.2 Å². The number of hydrogen-bond acceptors (Lipinski definition) is 2. The van der Waals surface area contributed by atoms with E-state index in [9.17, 15) is 0 Å². The molecule has 0 aromatic carbocycles. The Morgan fingerprint density at radius 3 is 3.33 bits per heavy atom. The standard InChI is InChI=1S/C4H3OS/c6-4-2-1-3-5-4/h1H,2H2/q-1/i2D. The highest BCUT2D eigenvalue weighted by Gasteiger charge is 1.81. The van der Waals surface area contributed by atoms with Gasteiger partial charge in [-0.2, -0.15) is 12.2 Å². The maximum absolute atomic E-state index is 6.95. The van der Waals surface area contributed by atoms with E-state index in [-0.39, 0.29) is 0 Å². The number of rotatable bonds is 0. The molecule has 0 saturated heterocycles. The highest BCUT2D eigenvalue weighted by Crippen LogP contribution is 1.98. The van der Waals surface area contributed by atoms with Crippen molar-refractivity contribution in [2.45, 2.75) is 6.40 Å². The molecular formula is C4H3OS-. The molecule has 0 N–H and O–H groups in total. The fourth-order valence-electron chi connectivity index (χ4n) is 0.228. The Labute approximate surface area is 43.0 Å².